The summed E-state index contributed by atoms with van der Waals surface area (Å²) in [6.45, 7) is 1.06. The van der Waals surface area contributed by atoms with E-state index >= 15 is 0 Å². The van der Waals surface area contributed by atoms with Crippen LogP contribution >= 0.6 is 0 Å². The summed E-state index contributed by atoms with van der Waals surface area (Å²) in [4.78, 5) is 0. The molecule has 2 rings (SSSR count). The molecule has 0 spiro atoms. The van der Waals surface area contributed by atoms with Crippen LogP contribution in [0.25, 0.3) is 0 Å². The Morgan fingerprint density at radius 1 is 1.60 bits per heavy atom. The van der Waals surface area contributed by atoms with Crippen molar-refractivity contribution in [3.8, 4) is 11.5 Å². The maximum absolute atomic E-state index is 13.5. The largest absolute Gasteiger partial charge is 0.496 e. The van der Waals surface area contributed by atoms with Gasteiger partial charge in [-0.2, -0.15) is 0 Å². The van der Waals surface area contributed by atoms with Crippen LogP contribution in [0, 0.1) is 5.82 Å². The minimum absolute atomic E-state index is 0.347. The number of hydrogen-bond donors (Lipinski definition) is 1. The lowest BCUT2D eigenvalue weighted by Gasteiger charge is -2.12. The quantitative estimate of drug-likeness (QED) is 0.818. The summed E-state index contributed by atoms with van der Waals surface area (Å²) in [6, 6.07) is 1.37. The molecule has 1 heterocycles. The lowest BCUT2D eigenvalue weighted by atomic mass is 10.0. The molecular formula is C11H14FNO2. The lowest BCUT2D eigenvalue weighted by molar-refractivity contribution is 0.337. The van der Waals surface area contributed by atoms with Gasteiger partial charge in [0.1, 0.15) is 5.75 Å². The second kappa shape index (κ2) is 4.06. The summed E-state index contributed by atoms with van der Waals surface area (Å²) < 4.78 is 23.9. The van der Waals surface area contributed by atoms with E-state index < -0.39 is 0 Å². The molecule has 2 N–H and O–H groups in total. The molecule has 0 bridgehead atoms. The van der Waals surface area contributed by atoms with Crippen LogP contribution in [0.1, 0.15) is 11.1 Å². The monoisotopic (exact) mass is 211 g/mol. The van der Waals surface area contributed by atoms with Crippen LogP contribution in [-0.4, -0.2) is 20.3 Å². The van der Waals surface area contributed by atoms with Gasteiger partial charge in [-0.05, 0) is 13.0 Å². The zero-order chi connectivity index (χ0) is 10.8. The van der Waals surface area contributed by atoms with Crippen molar-refractivity contribution >= 4 is 0 Å². The number of ether oxygens (including phenoxy) is 2. The highest BCUT2D eigenvalue weighted by Crippen LogP contribution is 2.37. The van der Waals surface area contributed by atoms with Gasteiger partial charge >= 0.3 is 0 Å². The molecular weight excluding hydrogens is 197 g/mol. The first-order valence-corrected chi connectivity index (χ1v) is 4.99. The number of benzene rings is 1. The second-order valence-electron chi connectivity index (χ2n) is 3.48. The molecule has 4 heteroatoms. The first-order valence-electron chi connectivity index (χ1n) is 4.99. The van der Waals surface area contributed by atoms with E-state index in [1.54, 1.807) is 0 Å². The fourth-order valence-corrected chi connectivity index (χ4v) is 1.97. The predicted octanol–water partition coefficient (Wildman–Crippen LogP) is 1.27. The van der Waals surface area contributed by atoms with Gasteiger partial charge in [0.25, 0.3) is 0 Å². The third-order valence-corrected chi connectivity index (χ3v) is 2.62. The zero-order valence-electron chi connectivity index (χ0n) is 8.68. The number of hydrogen-bond acceptors (Lipinski definition) is 3. The Morgan fingerprint density at radius 3 is 3.07 bits per heavy atom. The smallest absolute Gasteiger partial charge is 0.169 e. The van der Waals surface area contributed by atoms with E-state index in [-0.39, 0.29) is 5.82 Å². The van der Waals surface area contributed by atoms with Crippen molar-refractivity contribution in [1.82, 2.24) is 0 Å². The van der Waals surface area contributed by atoms with Gasteiger partial charge < -0.3 is 15.2 Å². The van der Waals surface area contributed by atoms with Crippen molar-refractivity contribution in [2.75, 3.05) is 20.3 Å². The third kappa shape index (κ3) is 1.65. The van der Waals surface area contributed by atoms with Gasteiger partial charge in [0, 0.05) is 23.6 Å². The van der Waals surface area contributed by atoms with E-state index in [4.69, 9.17) is 15.2 Å². The number of rotatable bonds is 3. The molecule has 82 valence electrons. The van der Waals surface area contributed by atoms with Crippen LogP contribution in [0.5, 0.6) is 11.5 Å². The van der Waals surface area contributed by atoms with Crippen molar-refractivity contribution in [3.63, 3.8) is 0 Å². The molecule has 1 aromatic rings. The normalized spacial score (nSPS) is 13.5. The molecule has 0 fully saturated rings. The molecule has 1 aliphatic rings. The van der Waals surface area contributed by atoms with Gasteiger partial charge in [0.2, 0.25) is 0 Å². The van der Waals surface area contributed by atoms with E-state index in [9.17, 15) is 4.39 Å². The standard InChI is InChI=1S/C11H14FNO2/c1-14-10-6-9(12)11-8(3-5-15-11)7(10)2-4-13/h6H,2-5,13H2,1H3. The molecule has 0 saturated heterocycles. The summed E-state index contributed by atoms with van der Waals surface area (Å²) in [5.41, 5.74) is 7.42. The van der Waals surface area contributed by atoms with Gasteiger partial charge in [-0.25, -0.2) is 4.39 Å². The maximum Gasteiger partial charge on any atom is 0.169 e. The van der Waals surface area contributed by atoms with Crippen molar-refractivity contribution in [3.05, 3.63) is 23.0 Å². The Bertz CT molecular complexity index is 379. The molecule has 0 saturated carbocycles. The Morgan fingerprint density at radius 2 is 2.40 bits per heavy atom. The minimum atomic E-state index is -0.347. The molecule has 1 aromatic carbocycles. The highest BCUT2D eigenvalue weighted by Gasteiger charge is 2.23. The first-order chi connectivity index (χ1) is 7.27. The van der Waals surface area contributed by atoms with Crippen LogP contribution in [-0.2, 0) is 12.8 Å². The Labute approximate surface area is 88.0 Å². The highest BCUT2D eigenvalue weighted by molar-refractivity contribution is 5.51. The van der Waals surface area contributed by atoms with E-state index in [1.807, 2.05) is 0 Å². The average molecular weight is 211 g/mol. The van der Waals surface area contributed by atoms with Gasteiger partial charge in [-0.3, -0.25) is 0 Å². The maximum atomic E-state index is 13.5. The molecule has 0 amide bonds. The number of halogens is 1. The number of methoxy groups -OCH3 is 1. The lowest BCUT2D eigenvalue weighted by Crippen LogP contribution is -2.07. The predicted molar refractivity (Wildman–Crippen MR) is 54.9 cm³/mol. The topological polar surface area (TPSA) is 44.5 Å². The van der Waals surface area contributed by atoms with E-state index in [0.29, 0.717) is 31.1 Å². The van der Waals surface area contributed by atoms with Crippen molar-refractivity contribution in [2.45, 2.75) is 12.8 Å². The molecule has 0 radical (unpaired) electrons. The van der Waals surface area contributed by atoms with Gasteiger partial charge in [-0.15, -0.1) is 0 Å². The van der Waals surface area contributed by atoms with Gasteiger partial charge in [0.15, 0.2) is 11.6 Å². The molecule has 0 aliphatic carbocycles. The van der Waals surface area contributed by atoms with E-state index in [0.717, 1.165) is 17.5 Å². The first kappa shape index (κ1) is 10.2. The minimum Gasteiger partial charge on any atom is -0.496 e. The number of nitrogens with two attached hydrogens (primary N) is 1. The third-order valence-electron chi connectivity index (χ3n) is 2.62. The summed E-state index contributed by atoms with van der Waals surface area (Å²) in [5.74, 6) is 0.599. The van der Waals surface area contributed by atoms with Crippen LogP contribution < -0.4 is 15.2 Å². The fourth-order valence-electron chi connectivity index (χ4n) is 1.97. The SMILES string of the molecule is COc1cc(F)c2c(c1CCN)CCO2. The zero-order valence-corrected chi connectivity index (χ0v) is 8.68. The molecule has 15 heavy (non-hydrogen) atoms. The molecule has 0 aromatic heterocycles. The second-order valence-corrected chi connectivity index (χ2v) is 3.48. The van der Waals surface area contributed by atoms with Gasteiger partial charge in [0.05, 0.1) is 13.7 Å². The fraction of sp³-hybridized carbons (Fsp3) is 0.455. The molecule has 1 aliphatic heterocycles. The summed E-state index contributed by atoms with van der Waals surface area (Å²) in [5, 5.41) is 0. The Balaban J connectivity index is 2.54. The number of fused-ring (bicyclic) bond motifs is 1. The van der Waals surface area contributed by atoms with Crippen LogP contribution in [0.4, 0.5) is 4.39 Å². The summed E-state index contributed by atoms with van der Waals surface area (Å²) in [6.07, 6.45) is 1.42. The molecule has 0 unspecified atom stereocenters. The summed E-state index contributed by atoms with van der Waals surface area (Å²) in [7, 11) is 1.54. The van der Waals surface area contributed by atoms with Crippen molar-refractivity contribution in [2.24, 2.45) is 5.73 Å². The van der Waals surface area contributed by atoms with Crippen LogP contribution in [0.3, 0.4) is 0 Å². The van der Waals surface area contributed by atoms with Crippen LogP contribution in [0.15, 0.2) is 6.07 Å². The molecule has 3 nitrogen and oxygen atoms in total. The van der Waals surface area contributed by atoms with Gasteiger partial charge in [-0.1, -0.05) is 0 Å². The van der Waals surface area contributed by atoms with Crippen LogP contribution in [0.2, 0.25) is 0 Å². The van der Waals surface area contributed by atoms with E-state index in [1.165, 1.54) is 13.2 Å². The highest BCUT2D eigenvalue weighted by atomic mass is 19.1. The average Bonchev–Trinajstić information content (AvgIpc) is 2.71. The van der Waals surface area contributed by atoms with E-state index in [2.05, 4.69) is 0 Å². The Hall–Kier alpha value is -1.29. The van der Waals surface area contributed by atoms with Crippen molar-refractivity contribution < 1.29 is 13.9 Å². The summed E-state index contributed by atoms with van der Waals surface area (Å²) >= 11 is 0. The Kier molecular flexibility index (Phi) is 2.77. The van der Waals surface area contributed by atoms with Crippen molar-refractivity contribution in [1.29, 1.82) is 0 Å². The molecule has 0 atom stereocenters.